The fourth-order valence-corrected chi connectivity index (χ4v) is 4.69. The van der Waals surface area contributed by atoms with Gasteiger partial charge in [0.2, 0.25) is 5.13 Å². The highest BCUT2D eigenvalue weighted by atomic mass is 32.1. The third kappa shape index (κ3) is 4.32. The topological polar surface area (TPSA) is 69.0 Å². The predicted molar refractivity (Wildman–Crippen MR) is 126 cm³/mol. The van der Waals surface area contributed by atoms with Crippen LogP contribution in [0.3, 0.4) is 0 Å². The molecule has 1 amide bonds. The molecule has 2 aromatic carbocycles. The van der Waals surface area contributed by atoms with Crippen LogP contribution in [0.25, 0.3) is 15.3 Å². The molecule has 0 radical (unpaired) electrons. The van der Waals surface area contributed by atoms with E-state index in [1.54, 1.807) is 11.3 Å². The van der Waals surface area contributed by atoms with E-state index in [4.69, 9.17) is 9.72 Å². The van der Waals surface area contributed by atoms with Gasteiger partial charge in [-0.3, -0.25) is 4.79 Å². The van der Waals surface area contributed by atoms with Crippen LogP contribution in [-0.4, -0.2) is 27.3 Å². The monoisotopic (exact) mass is 434 g/mol. The summed E-state index contributed by atoms with van der Waals surface area (Å²) < 4.78 is 8.56. The molecule has 0 unspecified atom stereocenters. The van der Waals surface area contributed by atoms with Crippen molar-refractivity contribution in [1.82, 2.24) is 14.8 Å². The number of thiazole rings is 1. The fourth-order valence-electron chi connectivity index (χ4n) is 3.62. The van der Waals surface area contributed by atoms with Gasteiger partial charge in [-0.25, -0.2) is 9.67 Å². The number of fused-ring (bicyclic) bond motifs is 1. The lowest BCUT2D eigenvalue weighted by molar-refractivity contribution is -0.118. The zero-order chi connectivity index (χ0) is 22.1. The summed E-state index contributed by atoms with van der Waals surface area (Å²) >= 11 is 1.57. The Bertz CT molecular complexity index is 1260. The standard InChI is InChI=1S/C24H26N4O2S/c1-6-18-7-9-19(10-8-18)30-13-21(29)26-22-14(2)11-20-23(17(22)5)31-24(25-20)28-16(4)12-15(3)27-28/h7-12H,6,13H2,1-5H3,(H,26,29). The summed E-state index contributed by atoms with van der Waals surface area (Å²) in [5.74, 6) is 0.502. The number of hydrogen-bond acceptors (Lipinski definition) is 5. The molecular formula is C24H26N4O2S. The van der Waals surface area contributed by atoms with Gasteiger partial charge in [0.25, 0.3) is 5.91 Å². The molecule has 0 spiro atoms. The number of carbonyl (C=O) groups excluding carboxylic acids is 1. The summed E-state index contributed by atoms with van der Waals surface area (Å²) in [6.45, 7) is 10.1. The summed E-state index contributed by atoms with van der Waals surface area (Å²) in [6, 6.07) is 11.9. The first-order valence-electron chi connectivity index (χ1n) is 10.3. The lowest BCUT2D eigenvalue weighted by atomic mass is 10.1. The van der Waals surface area contributed by atoms with Gasteiger partial charge in [0, 0.05) is 11.4 Å². The van der Waals surface area contributed by atoms with Gasteiger partial charge in [-0.2, -0.15) is 5.10 Å². The number of ether oxygens (including phenoxy) is 1. The lowest BCUT2D eigenvalue weighted by Crippen LogP contribution is -2.21. The van der Waals surface area contributed by atoms with Gasteiger partial charge >= 0.3 is 0 Å². The van der Waals surface area contributed by atoms with Crippen molar-refractivity contribution in [2.75, 3.05) is 11.9 Å². The van der Waals surface area contributed by atoms with Crippen molar-refractivity contribution in [2.45, 2.75) is 41.0 Å². The normalized spacial score (nSPS) is 11.1. The summed E-state index contributed by atoms with van der Waals surface area (Å²) in [4.78, 5) is 17.3. The van der Waals surface area contributed by atoms with E-state index in [2.05, 4.69) is 17.3 Å². The number of rotatable bonds is 6. The van der Waals surface area contributed by atoms with Crippen molar-refractivity contribution in [2.24, 2.45) is 0 Å². The lowest BCUT2D eigenvalue weighted by Gasteiger charge is -2.13. The van der Waals surface area contributed by atoms with Crippen molar-refractivity contribution in [1.29, 1.82) is 0 Å². The first-order valence-corrected chi connectivity index (χ1v) is 11.1. The quantitative estimate of drug-likeness (QED) is 0.447. The van der Waals surface area contributed by atoms with E-state index >= 15 is 0 Å². The number of nitrogens with one attached hydrogen (secondary N) is 1. The summed E-state index contributed by atoms with van der Waals surface area (Å²) in [7, 11) is 0. The van der Waals surface area contributed by atoms with E-state index in [0.29, 0.717) is 5.75 Å². The maximum atomic E-state index is 12.6. The molecule has 0 saturated carbocycles. The van der Waals surface area contributed by atoms with E-state index in [9.17, 15) is 4.79 Å². The maximum absolute atomic E-state index is 12.6. The molecule has 6 nitrogen and oxygen atoms in total. The molecule has 0 aliphatic rings. The maximum Gasteiger partial charge on any atom is 0.262 e. The first-order chi connectivity index (χ1) is 14.9. The minimum absolute atomic E-state index is 0.0396. The third-order valence-electron chi connectivity index (χ3n) is 5.26. The molecular weight excluding hydrogens is 408 g/mol. The van der Waals surface area contributed by atoms with Crippen molar-refractivity contribution in [3.63, 3.8) is 0 Å². The van der Waals surface area contributed by atoms with Gasteiger partial charge in [0.15, 0.2) is 6.61 Å². The molecule has 0 bridgehead atoms. The molecule has 0 aliphatic carbocycles. The summed E-state index contributed by atoms with van der Waals surface area (Å²) in [5, 5.41) is 8.39. The fraction of sp³-hybridized carbons (Fsp3) is 0.292. The number of nitrogens with zero attached hydrogens (tertiary/aromatic N) is 3. The first kappa shape index (κ1) is 21.1. The van der Waals surface area contributed by atoms with Crippen molar-refractivity contribution in [3.8, 4) is 10.9 Å². The molecule has 2 aromatic heterocycles. The summed E-state index contributed by atoms with van der Waals surface area (Å²) in [6.07, 6.45) is 0.973. The third-order valence-corrected chi connectivity index (χ3v) is 6.43. The second-order valence-electron chi connectivity index (χ2n) is 7.71. The Balaban J connectivity index is 1.54. The van der Waals surface area contributed by atoms with Crippen molar-refractivity contribution >= 4 is 33.1 Å². The number of benzene rings is 2. The number of aromatic nitrogens is 3. The molecule has 0 atom stereocenters. The van der Waals surface area contributed by atoms with E-state index in [1.165, 1.54) is 5.56 Å². The molecule has 0 fully saturated rings. The average Bonchev–Trinajstić information content (AvgIpc) is 3.32. The van der Waals surface area contributed by atoms with E-state index in [-0.39, 0.29) is 12.5 Å². The van der Waals surface area contributed by atoms with Crippen LogP contribution >= 0.6 is 11.3 Å². The van der Waals surface area contributed by atoms with Gasteiger partial charge in [-0.05, 0) is 75.1 Å². The SMILES string of the molecule is CCc1ccc(OCC(=O)Nc2c(C)cc3nc(-n4nc(C)cc4C)sc3c2C)cc1. The Hall–Kier alpha value is -3.19. The van der Waals surface area contributed by atoms with Crippen LogP contribution in [0.1, 0.15) is 35.0 Å². The molecule has 31 heavy (non-hydrogen) atoms. The highest BCUT2D eigenvalue weighted by Crippen LogP contribution is 2.34. The van der Waals surface area contributed by atoms with Crippen LogP contribution in [0.5, 0.6) is 5.75 Å². The molecule has 0 aliphatic heterocycles. The van der Waals surface area contributed by atoms with Crippen LogP contribution in [0, 0.1) is 27.7 Å². The minimum Gasteiger partial charge on any atom is -0.484 e. The highest BCUT2D eigenvalue weighted by molar-refractivity contribution is 7.21. The van der Waals surface area contributed by atoms with E-state index in [1.807, 2.05) is 68.8 Å². The highest BCUT2D eigenvalue weighted by Gasteiger charge is 2.16. The van der Waals surface area contributed by atoms with Gasteiger partial charge < -0.3 is 10.1 Å². The van der Waals surface area contributed by atoms with E-state index in [0.717, 1.165) is 50.0 Å². The van der Waals surface area contributed by atoms with Crippen LogP contribution in [0.2, 0.25) is 0 Å². The Morgan fingerprint density at radius 2 is 1.87 bits per heavy atom. The van der Waals surface area contributed by atoms with Crippen molar-refractivity contribution < 1.29 is 9.53 Å². The average molecular weight is 435 g/mol. The molecule has 4 aromatic rings. The number of amides is 1. The largest absolute Gasteiger partial charge is 0.484 e. The molecule has 7 heteroatoms. The van der Waals surface area contributed by atoms with Gasteiger partial charge in [-0.1, -0.05) is 30.4 Å². The molecule has 0 saturated heterocycles. The summed E-state index contributed by atoms with van der Waals surface area (Å²) in [5.41, 5.74) is 6.93. The molecule has 1 N–H and O–H groups in total. The van der Waals surface area contributed by atoms with Crippen LogP contribution < -0.4 is 10.1 Å². The van der Waals surface area contributed by atoms with Crippen LogP contribution in [0.15, 0.2) is 36.4 Å². The second kappa shape index (κ2) is 8.51. The minimum atomic E-state index is -0.187. The van der Waals surface area contributed by atoms with Gasteiger partial charge in [-0.15, -0.1) is 0 Å². The molecule has 160 valence electrons. The van der Waals surface area contributed by atoms with Gasteiger partial charge in [0.05, 0.1) is 15.9 Å². The Kier molecular flexibility index (Phi) is 5.78. The number of carbonyl (C=O) groups is 1. The smallest absolute Gasteiger partial charge is 0.262 e. The Morgan fingerprint density at radius 3 is 2.52 bits per heavy atom. The number of hydrogen-bond donors (Lipinski definition) is 1. The molecule has 4 rings (SSSR count). The predicted octanol–water partition coefficient (Wildman–Crippen LogP) is 5.30. The Labute approximate surface area is 185 Å². The Morgan fingerprint density at radius 1 is 1.13 bits per heavy atom. The van der Waals surface area contributed by atoms with E-state index < -0.39 is 0 Å². The molecule has 2 heterocycles. The second-order valence-corrected chi connectivity index (χ2v) is 8.69. The number of aryl methyl sites for hydroxylation is 5. The zero-order valence-electron chi connectivity index (χ0n) is 18.4. The van der Waals surface area contributed by atoms with Crippen molar-refractivity contribution in [3.05, 3.63) is 64.5 Å². The van der Waals surface area contributed by atoms with Crippen LogP contribution in [-0.2, 0) is 11.2 Å². The number of anilines is 1. The zero-order valence-corrected chi connectivity index (χ0v) is 19.3. The van der Waals surface area contributed by atoms with Gasteiger partial charge in [0.1, 0.15) is 5.75 Å². The van der Waals surface area contributed by atoms with Crippen LogP contribution in [0.4, 0.5) is 5.69 Å².